The van der Waals surface area contributed by atoms with Crippen LogP contribution in [0, 0.1) is 11.3 Å². The lowest BCUT2D eigenvalue weighted by Crippen LogP contribution is -2.04. The molecule has 0 saturated heterocycles. The highest BCUT2D eigenvalue weighted by molar-refractivity contribution is 7.98. The Balaban J connectivity index is 2.08. The first kappa shape index (κ1) is 14.4. The second-order valence-electron chi connectivity index (χ2n) is 4.71. The number of hydrogen-bond acceptors (Lipinski definition) is 5. The van der Waals surface area contributed by atoms with Gasteiger partial charge in [-0.05, 0) is 30.0 Å². The molecule has 0 unspecified atom stereocenters. The summed E-state index contributed by atoms with van der Waals surface area (Å²) in [4.78, 5) is 8.59. The van der Waals surface area contributed by atoms with E-state index in [1.54, 1.807) is 12.4 Å². The summed E-state index contributed by atoms with van der Waals surface area (Å²) in [6.45, 7) is 0.638. The number of nitriles is 1. The van der Waals surface area contributed by atoms with Gasteiger partial charge in [0.05, 0.1) is 11.2 Å². The molecular weight excluding hydrogens is 292 g/mol. The summed E-state index contributed by atoms with van der Waals surface area (Å²) >= 11 is 1.49. The second-order valence-corrected chi connectivity index (χ2v) is 5.50. The van der Waals surface area contributed by atoms with E-state index in [2.05, 4.69) is 21.4 Å². The van der Waals surface area contributed by atoms with Crippen LogP contribution in [0.3, 0.4) is 0 Å². The van der Waals surface area contributed by atoms with Crippen molar-refractivity contribution in [1.82, 2.24) is 9.97 Å². The average Bonchev–Trinajstić information content (AvgIpc) is 2.59. The zero-order chi connectivity index (χ0) is 15.4. The maximum absolute atomic E-state index is 9.53. The number of benzene rings is 1. The molecule has 0 saturated carbocycles. The molecule has 3 rings (SSSR count). The molecule has 3 aromatic rings. The van der Waals surface area contributed by atoms with E-state index in [1.165, 1.54) is 11.8 Å². The SMILES string of the molecule is CSc1nc2ccccc2c(NCc2ccncc2)c1C#N. The van der Waals surface area contributed by atoms with Crippen LogP contribution >= 0.6 is 11.8 Å². The van der Waals surface area contributed by atoms with Gasteiger partial charge in [-0.1, -0.05) is 18.2 Å². The fourth-order valence-electron chi connectivity index (χ4n) is 2.32. The molecule has 4 nitrogen and oxygen atoms in total. The van der Waals surface area contributed by atoms with E-state index >= 15 is 0 Å². The van der Waals surface area contributed by atoms with Crippen molar-refractivity contribution in [1.29, 1.82) is 5.26 Å². The first-order valence-electron chi connectivity index (χ1n) is 6.83. The van der Waals surface area contributed by atoms with Gasteiger partial charge in [0.1, 0.15) is 16.7 Å². The smallest absolute Gasteiger partial charge is 0.116 e. The Hall–Kier alpha value is -2.58. The molecule has 0 aliphatic heterocycles. The number of nitrogens with one attached hydrogen (secondary N) is 1. The molecule has 0 spiro atoms. The van der Waals surface area contributed by atoms with Gasteiger partial charge < -0.3 is 5.32 Å². The molecule has 0 aliphatic carbocycles. The van der Waals surface area contributed by atoms with Gasteiger partial charge >= 0.3 is 0 Å². The van der Waals surface area contributed by atoms with E-state index in [0.717, 1.165) is 27.2 Å². The van der Waals surface area contributed by atoms with E-state index in [1.807, 2.05) is 42.7 Å². The molecule has 1 aromatic carbocycles. The third-order valence-electron chi connectivity index (χ3n) is 3.38. The Morgan fingerprint density at radius 1 is 1.18 bits per heavy atom. The van der Waals surface area contributed by atoms with E-state index in [-0.39, 0.29) is 0 Å². The second kappa shape index (κ2) is 6.46. The molecule has 0 aliphatic rings. The van der Waals surface area contributed by atoms with E-state index in [0.29, 0.717) is 12.1 Å². The lowest BCUT2D eigenvalue weighted by molar-refractivity contribution is 1.10. The van der Waals surface area contributed by atoms with Crippen molar-refractivity contribution >= 4 is 28.4 Å². The summed E-state index contributed by atoms with van der Waals surface area (Å²) in [6, 6.07) is 14.1. The van der Waals surface area contributed by atoms with Crippen molar-refractivity contribution < 1.29 is 0 Å². The highest BCUT2D eigenvalue weighted by Gasteiger charge is 2.14. The zero-order valence-corrected chi connectivity index (χ0v) is 12.9. The monoisotopic (exact) mass is 306 g/mol. The lowest BCUT2D eigenvalue weighted by Gasteiger charge is -2.13. The van der Waals surface area contributed by atoms with Crippen LogP contribution in [0.15, 0.2) is 53.8 Å². The quantitative estimate of drug-likeness (QED) is 0.742. The topological polar surface area (TPSA) is 61.6 Å². The molecular formula is C17H14N4S. The van der Waals surface area contributed by atoms with Gasteiger partial charge in [-0.15, -0.1) is 11.8 Å². The molecule has 0 radical (unpaired) electrons. The number of rotatable bonds is 4. The number of thioether (sulfide) groups is 1. The maximum Gasteiger partial charge on any atom is 0.116 e. The van der Waals surface area contributed by atoms with Gasteiger partial charge in [-0.3, -0.25) is 4.98 Å². The lowest BCUT2D eigenvalue weighted by atomic mass is 10.1. The van der Waals surface area contributed by atoms with Gasteiger partial charge in [0.25, 0.3) is 0 Å². The number of pyridine rings is 2. The summed E-state index contributed by atoms with van der Waals surface area (Å²) in [5, 5.41) is 14.6. The van der Waals surface area contributed by atoms with Gasteiger partial charge in [0.2, 0.25) is 0 Å². The standard InChI is InChI=1S/C17H14N4S/c1-22-17-14(10-18)16(13-4-2-3-5-15(13)21-17)20-11-12-6-8-19-9-7-12/h2-9H,11H2,1H3,(H,20,21). The van der Waals surface area contributed by atoms with Crippen LogP contribution in [0.2, 0.25) is 0 Å². The largest absolute Gasteiger partial charge is 0.379 e. The first-order chi connectivity index (χ1) is 10.8. The molecule has 0 atom stereocenters. The van der Waals surface area contributed by atoms with E-state index < -0.39 is 0 Å². The minimum Gasteiger partial charge on any atom is -0.379 e. The van der Waals surface area contributed by atoms with Crippen molar-refractivity contribution in [3.05, 3.63) is 59.9 Å². The summed E-state index contributed by atoms with van der Waals surface area (Å²) in [5.41, 5.74) is 3.45. The highest BCUT2D eigenvalue weighted by atomic mass is 32.2. The molecule has 0 amide bonds. The van der Waals surface area contributed by atoms with Gasteiger partial charge in [-0.2, -0.15) is 5.26 Å². The van der Waals surface area contributed by atoms with Crippen LogP contribution in [0.1, 0.15) is 11.1 Å². The van der Waals surface area contributed by atoms with Crippen molar-refractivity contribution in [3.8, 4) is 6.07 Å². The molecule has 0 fully saturated rings. The Kier molecular flexibility index (Phi) is 4.22. The minimum atomic E-state index is 0.597. The van der Waals surface area contributed by atoms with Crippen molar-refractivity contribution in [2.75, 3.05) is 11.6 Å². The normalized spacial score (nSPS) is 10.4. The van der Waals surface area contributed by atoms with E-state index in [4.69, 9.17) is 0 Å². The average molecular weight is 306 g/mol. The molecule has 0 bridgehead atoms. The number of hydrogen-bond donors (Lipinski definition) is 1. The predicted molar refractivity (Wildman–Crippen MR) is 89.8 cm³/mol. The fourth-order valence-corrected chi connectivity index (χ4v) is 2.86. The van der Waals surface area contributed by atoms with Crippen LogP contribution < -0.4 is 5.32 Å². The fraction of sp³-hybridized carbons (Fsp3) is 0.118. The van der Waals surface area contributed by atoms with Crippen molar-refractivity contribution in [3.63, 3.8) is 0 Å². The maximum atomic E-state index is 9.53. The Morgan fingerprint density at radius 3 is 2.68 bits per heavy atom. The minimum absolute atomic E-state index is 0.597. The Labute approximate surface area is 133 Å². The molecule has 108 valence electrons. The number of nitrogens with zero attached hydrogens (tertiary/aromatic N) is 3. The van der Waals surface area contributed by atoms with Crippen LogP contribution in [0.4, 0.5) is 5.69 Å². The molecule has 22 heavy (non-hydrogen) atoms. The Morgan fingerprint density at radius 2 is 1.95 bits per heavy atom. The van der Waals surface area contributed by atoms with Crippen LogP contribution in [-0.2, 0) is 6.54 Å². The third-order valence-corrected chi connectivity index (χ3v) is 4.07. The van der Waals surface area contributed by atoms with Crippen molar-refractivity contribution in [2.24, 2.45) is 0 Å². The molecule has 5 heteroatoms. The summed E-state index contributed by atoms with van der Waals surface area (Å²) < 4.78 is 0. The predicted octanol–water partition coefficient (Wildman–Crippen LogP) is 3.84. The van der Waals surface area contributed by atoms with Crippen LogP contribution in [0.5, 0.6) is 0 Å². The number of anilines is 1. The van der Waals surface area contributed by atoms with Crippen LogP contribution in [-0.4, -0.2) is 16.2 Å². The van der Waals surface area contributed by atoms with E-state index in [9.17, 15) is 5.26 Å². The third kappa shape index (κ3) is 2.74. The van der Waals surface area contributed by atoms with Gasteiger partial charge in [0, 0.05) is 24.3 Å². The highest BCUT2D eigenvalue weighted by Crippen LogP contribution is 2.32. The number of fused-ring (bicyclic) bond motifs is 1. The molecule has 1 N–H and O–H groups in total. The van der Waals surface area contributed by atoms with Gasteiger partial charge in [0.15, 0.2) is 0 Å². The van der Waals surface area contributed by atoms with Crippen LogP contribution in [0.25, 0.3) is 10.9 Å². The Bertz CT molecular complexity index is 840. The number of para-hydroxylation sites is 1. The molecule has 2 aromatic heterocycles. The van der Waals surface area contributed by atoms with Crippen molar-refractivity contribution in [2.45, 2.75) is 11.6 Å². The van der Waals surface area contributed by atoms with Gasteiger partial charge in [-0.25, -0.2) is 4.98 Å². The first-order valence-corrected chi connectivity index (χ1v) is 8.05. The molecule has 2 heterocycles. The summed E-state index contributed by atoms with van der Waals surface area (Å²) in [6.07, 6.45) is 5.46. The summed E-state index contributed by atoms with van der Waals surface area (Å²) in [5.74, 6) is 0. The number of aromatic nitrogens is 2. The zero-order valence-electron chi connectivity index (χ0n) is 12.1. The summed E-state index contributed by atoms with van der Waals surface area (Å²) in [7, 11) is 0.